The Morgan fingerprint density at radius 2 is 1.74 bits per heavy atom. The lowest BCUT2D eigenvalue weighted by Gasteiger charge is -2.16. The highest BCUT2D eigenvalue weighted by molar-refractivity contribution is 5.40. The van der Waals surface area contributed by atoms with Crippen LogP contribution in [0.25, 0.3) is 0 Å². The number of aliphatic hydroxyl groups excluding tert-OH is 1. The van der Waals surface area contributed by atoms with Crippen LogP contribution in [-0.2, 0) is 0 Å². The van der Waals surface area contributed by atoms with Crippen molar-refractivity contribution in [2.45, 2.75) is 13.0 Å². The third kappa shape index (κ3) is 2.58. The van der Waals surface area contributed by atoms with Crippen molar-refractivity contribution in [2.75, 3.05) is 7.11 Å². The van der Waals surface area contributed by atoms with Crippen LogP contribution in [0, 0.1) is 18.6 Å². The Hall–Kier alpha value is -1.94. The molecule has 19 heavy (non-hydrogen) atoms. The molecule has 4 heteroatoms. The molecule has 2 rings (SSSR count). The molecule has 0 amide bonds. The first kappa shape index (κ1) is 13.5. The second-order valence-electron chi connectivity index (χ2n) is 4.26. The van der Waals surface area contributed by atoms with Crippen LogP contribution in [0.15, 0.2) is 36.4 Å². The number of hydrogen-bond donors (Lipinski definition) is 1. The summed E-state index contributed by atoms with van der Waals surface area (Å²) in [5, 5.41) is 10.2. The van der Waals surface area contributed by atoms with E-state index in [1.54, 1.807) is 25.1 Å². The molecule has 0 aliphatic heterocycles. The van der Waals surface area contributed by atoms with Crippen molar-refractivity contribution >= 4 is 0 Å². The van der Waals surface area contributed by atoms with E-state index in [1.165, 1.54) is 13.2 Å². The maximum absolute atomic E-state index is 13.6. The molecule has 2 aromatic rings. The standard InChI is InChI=1S/C15H14F2O2/c1-9-8-10(19-2)6-7-11(9)15(18)14-12(16)4-3-5-13(14)17/h3-8,15,18H,1-2H3. The molecule has 100 valence electrons. The summed E-state index contributed by atoms with van der Waals surface area (Å²) in [7, 11) is 1.53. The predicted molar refractivity (Wildman–Crippen MR) is 68.2 cm³/mol. The van der Waals surface area contributed by atoms with Gasteiger partial charge in [-0.2, -0.15) is 0 Å². The number of hydrogen-bond acceptors (Lipinski definition) is 2. The van der Waals surface area contributed by atoms with E-state index in [0.29, 0.717) is 16.9 Å². The summed E-state index contributed by atoms with van der Waals surface area (Å²) in [6.07, 6.45) is -1.34. The SMILES string of the molecule is COc1ccc(C(O)c2c(F)cccc2F)c(C)c1. The van der Waals surface area contributed by atoms with Gasteiger partial charge in [-0.1, -0.05) is 12.1 Å². The van der Waals surface area contributed by atoms with E-state index in [-0.39, 0.29) is 5.56 Å². The molecule has 0 aliphatic carbocycles. The van der Waals surface area contributed by atoms with Crippen LogP contribution in [0.3, 0.4) is 0 Å². The molecular formula is C15H14F2O2. The monoisotopic (exact) mass is 264 g/mol. The van der Waals surface area contributed by atoms with E-state index < -0.39 is 17.7 Å². The Bertz CT molecular complexity index is 576. The van der Waals surface area contributed by atoms with Gasteiger partial charge in [0.25, 0.3) is 0 Å². The van der Waals surface area contributed by atoms with Gasteiger partial charge >= 0.3 is 0 Å². The van der Waals surface area contributed by atoms with Gasteiger partial charge in [0, 0.05) is 0 Å². The van der Waals surface area contributed by atoms with Crippen LogP contribution >= 0.6 is 0 Å². The molecule has 0 fully saturated rings. The zero-order valence-electron chi connectivity index (χ0n) is 10.7. The van der Waals surface area contributed by atoms with Crippen LogP contribution in [0.2, 0.25) is 0 Å². The molecule has 1 atom stereocenters. The minimum Gasteiger partial charge on any atom is -0.497 e. The van der Waals surface area contributed by atoms with E-state index in [0.717, 1.165) is 12.1 Å². The highest BCUT2D eigenvalue weighted by Gasteiger charge is 2.21. The zero-order valence-corrected chi connectivity index (χ0v) is 10.7. The number of aliphatic hydroxyl groups is 1. The van der Waals surface area contributed by atoms with Gasteiger partial charge in [0.15, 0.2) is 0 Å². The fourth-order valence-corrected chi connectivity index (χ4v) is 2.01. The zero-order chi connectivity index (χ0) is 14.0. The summed E-state index contributed by atoms with van der Waals surface area (Å²) in [5.74, 6) is -0.895. The van der Waals surface area contributed by atoms with Crippen LogP contribution in [0.4, 0.5) is 8.78 Å². The molecule has 0 aromatic heterocycles. The second kappa shape index (κ2) is 5.36. The van der Waals surface area contributed by atoms with Crippen molar-refractivity contribution < 1.29 is 18.6 Å². The number of benzene rings is 2. The van der Waals surface area contributed by atoms with E-state index in [2.05, 4.69) is 0 Å². The molecule has 2 aromatic carbocycles. The minimum atomic E-state index is -1.34. The van der Waals surface area contributed by atoms with E-state index in [1.807, 2.05) is 0 Å². The summed E-state index contributed by atoms with van der Waals surface area (Å²) in [6, 6.07) is 8.47. The average Bonchev–Trinajstić information content (AvgIpc) is 2.38. The van der Waals surface area contributed by atoms with Crippen molar-refractivity contribution in [1.82, 2.24) is 0 Å². The first-order valence-electron chi connectivity index (χ1n) is 5.81. The largest absolute Gasteiger partial charge is 0.497 e. The maximum atomic E-state index is 13.6. The topological polar surface area (TPSA) is 29.5 Å². The smallest absolute Gasteiger partial charge is 0.132 e. The molecule has 0 saturated heterocycles. The van der Waals surface area contributed by atoms with Crippen LogP contribution in [0.1, 0.15) is 22.8 Å². The van der Waals surface area contributed by atoms with Gasteiger partial charge in [0.05, 0.1) is 12.7 Å². The maximum Gasteiger partial charge on any atom is 0.132 e. The van der Waals surface area contributed by atoms with Crippen LogP contribution < -0.4 is 4.74 Å². The Morgan fingerprint density at radius 3 is 2.26 bits per heavy atom. The summed E-state index contributed by atoms with van der Waals surface area (Å²) >= 11 is 0. The van der Waals surface area contributed by atoms with Gasteiger partial charge in [0.1, 0.15) is 23.5 Å². The van der Waals surface area contributed by atoms with Crippen molar-refractivity contribution in [2.24, 2.45) is 0 Å². The molecule has 1 N–H and O–H groups in total. The van der Waals surface area contributed by atoms with Crippen LogP contribution in [-0.4, -0.2) is 12.2 Å². The van der Waals surface area contributed by atoms with Crippen molar-refractivity contribution in [3.63, 3.8) is 0 Å². The van der Waals surface area contributed by atoms with Gasteiger partial charge in [-0.15, -0.1) is 0 Å². The first-order valence-corrected chi connectivity index (χ1v) is 5.81. The van der Waals surface area contributed by atoms with Crippen LogP contribution in [0.5, 0.6) is 5.75 Å². The predicted octanol–water partition coefficient (Wildman–Crippen LogP) is 3.36. The van der Waals surface area contributed by atoms with Gasteiger partial charge in [-0.25, -0.2) is 8.78 Å². The molecule has 0 spiro atoms. The average molecular weight is 264 g/mol. The van der Waals surface area contributed by atoms with E-state index >= 15 is 0 Å². The molecule has 0 aliphatic rings. The molecule has 1 unspecified atom stereocenters. The third-order valence-electron chi connectivity index (χ3n) is 3.04. The number of aryl methyl sites for hydroxylation is 1. The van der Waals surface area contributed by atoms with Gasteiger partial charge in [-0.3, -0.25) is 0 Å². The Kier molecular flexibility index (Phi) is 3.81. The highest BCUT2D eigenvalue weighted by atomic mass is 19.1. The van der Waals surface area contributed by atoms with E-state index in [4.69, 9.17) is 4.74 Å². The van der Waals surface area contributed by atoms with Crippen molar-refractivity contribution in [1.29, 1.82) is 0 Å². The Labute approximate surface area is 110 Å². The lowest BCUT2D eigenvalue weighted by atomic mass is 9.96. The number of methoxy groups -OCH3 is 1. The molecule has 2 nitrogen and oxygen atoms in total. The fraction of sp³-hybridized carbons (Fsp3) is 0.200. The third-order valence-corrected chi connectivity index (χ3v) is 3.04. The molecule has 0 bridgehead atoms. The number of ether oxygens (including phenoxy) is 1. The first-order chi connectivity index (χ1) is 9.04. The van der Waals surface area contributed by atoms with Gasteiger partial charge in [0.2, 0.25) is 0 Å². The summed E-state index contributed by atoms with van der Waals surface area (Å²) < 4.78 is 32.3. The summed E-state index contributed by atoms with van der Waals surface area (Å²) in [4.78, 5) is 0. The summed E-state index contributed by atoms with van der Waals surface area (Å²) in [6.45, 7) is 1.75. The molecular weight excluding hydrogens is 250 g/mol. The molecule has 0 saturated carbocycles. The lowest BCUT2D eigenvalue weighted by molar-refractivity contribution is 0.208. The Morgan fingerprint density at radius 1 is 1.11 bits per heavy atom. The van der Waals surface area contributed by atoms with E-state index in [9.17, 15) is 13.9 Å². The lowest BCUT2D eigenvalue weighted by Crippen LogP contribution is -2.07. The quantitative estimate of drug-likeness (QED) is 0.921. The van der Waals surface area contributed by atoms with Crippen molar-refractivity contribution in [3.8, 4) is 5.75 Å². The van der Waals surface area contributed by atoms with Crippen molar-refractivity contribution in [3.05, 3.63) is 64.7 Å². The fourth-order valence-electron chi connectivity index (χ4n) is 2.01. The molecule has 0 radical (unpaired) electrons. The van der Waals surface area contributed by atoms with Gasteiger partial charge < -0.3 is 9.84 Å². The summed E-state index contributed by atoms with van der Waals surface area (Å²) in [5.41, 5.74) is 0.815. The number of rotatable bonds is 3. The number of halogens is 2. The Balaban J connectivity index is 2.47. The normalized spacial score (nSPS) is 12.3. The molecule has 0 heterocycles. The van der Waals surface area contributed by atoms with Gasteiger partial charge in [-0.05, 0) is 42.3 Å². The second-order valence-corrected chi connectivity index (χ2v) is 4.26. The highest BCUT2D eigenvalue weighted by Crippen LogP contribution is 2.30. The minimum absolute atomic E-state index is 0.337.